The average Bonchev–Trinajstić information content (AvgIpc) is 2.56. The molecule has 0 bridgehead atoms. The van der Waals surface area contributed by atoms with Gasteiger partial charge in [0.1, 0.15) is 5.78 Å². The van der Waals surface area contributed by atoms with E-state index < -0.39 is 0 Å². The minimum atomic E-state index is 0.331. The molecule has 1 aliphatic carbocycles. The van der Waals surface area contributed by atoms with Crippen LogP contribution in [0, 0.1) is 0 Å². The van der Waals surface area contributed by atoms with Crippen molar-refractivity contribution in [1.29, 1.82) is 0 Å². The second-order valence-corrected chi connectivity index (χ2v) is 7.49. The molecule has 0 radical (unpaired) electrons. The number of ketones is 2. The first-order valence-corrected chi connectivity index (χ1v) is 10.4. The largest absolute Gasteiger partial charge is 0.300 e. The molecule has 0 aromatic carbocycles. The van der Waals surface area contributed by atoms with E-state index in [1.165, 1.54) is 70.6 Å². The summed E-state index contributed by atoms with van der Waals surface area (Å²) in [7, 11) is 0. The van der Waals surface area contributed by atoms with E-state index in [-0.39, 0.29) is 0 Å². The van der Waals surface area contributed by atoms with Crippen LogP contribution in [0.5, 0.6) is 0 Å². The molecular weight excluding hydrogens is 296 g/mol. The predicted octanol–water partition coefficient (Wildman–Crippen LogP) is 6.72. The SMILES string of the molecule is CC(=O)CCCCCCCCCCCCCCC1=CCCCC1=O. The van der Waals surface area contributed by atoms with Gasteiger partial charge in [0.2, 0.25) is 0 Å². The summed E-state index contributed by atoms with van der Waals surface area (Å²) in [6.07, 6.45) is 22.4. The molecule has 24 heavy (non-hydrogen) atoms. The first-order chi connectivity index (χ1) is 11.7. The lowest BCUT2D eigenvalue weighted by molar-refractivity contribution is -0.117. The van der Waals surface area contributed by atoms with E-state index in [0.717, 1.165) is 44.1 Å². The minimum Gasteiger partial charge on any atom is -0.300 e. The van der Waals surface area contributed by atoms with Crippen molar-refractivity contribution in [1.82, 2.24) is 0 Å². The molecule has 0 spiro atoms. The standard InChI is InChI=1S/C22H38O2/c1-20(23)16-12-10-8-6-4-2-3-5-7-9-11-13-17-21-18-14-15-19-22(21)24/h18H,2-17,19H2,1H3. The second kappa shape index (κ2) is 14.4. The molecule has 0 atom stereocenters. The summed E-state index contributed by atoms with van der Waals surface area (Å²) in [6.45, 7) is 1.69. The summed E-state index contributed by atoms with van der Waals surface area (Å²) in [5, 5.41) is 0. The van der Waals surface area contributed by atoms with Crippen molar-refractivity contribution in [2.45, 2.75) is 116 Å². The van der Waals surface area contributed by atoms with E-state index in [9.17, 15) is 9.59 Å². The van der Waals surface area contributed by atoms with Crippen molar-refractivity contribution >= 4 is 11.6 Å². The number of allylic oxidation sites excluding steroid dienone is 2. The number of unbranched alkanes of at least 4 members (excludes halogenated alkanes) is 11. The molecule has 0 unspecified atom stereocenters. The highest BCUT2D eigenvalue weighted by atomic mass is 16.1. The van der Waals surface area contributed by atoms with Gasteiger partial charge in [0, 0.05) is 12.8 Å². The molecule has 1 rings (SSSR count). The normalized spacial score (nSPS) is 14.7. The molecule has 0 aromatic rings. The molecular formula is C22H38O2. The van der Waals surface area contributed by atoms with Crippen LogP contribution in [0.15, 0.2) is 11.6 Å². The summed E-state index contributed by atoms with van der Waals surface area (Å²) in [5.74, 6) is 0.736. The Labute approximate surface area is 149 Å². The van der Waals surface area contributed by atoms with Crippen LogP contribution < -0.4 is 0 Å². The van der Waals surface area contributed by atoms with Crippen molar-refractivity contribution in [2.24, 2.45) is 0 Å². The third kappa shape index (κ3) is 11.6. The van der Waals surface area contributed by atoms with Gasteiger partial charge in [-0.25, -0.2) is 0 Å². The Balaban J connectivity index is 1.77. The Kier molecular flexibility index (Phi) is 12.7. The fraction of sp³-hybridized carbons (Fsp3) is 0.818. The zero-order valence-corrected chi connectivity index (χ0v) is 15.9. The summed E-state index contributed by atoms with van der Waals surface area (Å²) < 4.78 is 0. The van der Waals surface area contributed by atoms with Crippen LogP contribution in [0.25, 0.3) is 0 Å². The smallest absolute Gasteiger partial charge is 0.158 e. The van der Waals surface area contributed by atoms with Crippen LogP contribution in [0.1, 0.15) is 116 Å². The van der Waals surface area contributed by atoms with Crippen molar-refractivity contribution in [3.05, 3.63) is 11.6 Å². The lowest BCUT2D eigenvalue weighted by Crippen LogP contribution is -2.06. The number of rotatable bonds is 15. The van der Waals surface area contributed by atoms with Crippen molar-refractivity contribution in [3.8, 4) is 0 Å². The number of carbonyl (C=O) groups is 2. The lowest BCUT2D eigenvalue weighted by atomic mass is 9.93. The van der Waals surface area contributed by atoms with Crippen molar-refractivity contribution in [3.63, 3.8) is 0 Å². The Hall–Kier alpha value is -0.920. The van der Waals surface area contributed by atoms with Crippen LogP contribution >= 0.6 is 0 Å². The fourth-order valence-corrected chi connectivity index (χ4v) is 3.51. The lowest BCUT2D eigenvalue weighted by Gasteiger charge is -2.11. The van der Waals surface area contributed by atoms with E-state index in [1.54, 1.807) is 6.92 Å². The molecule has 0 fully saturated rings. The quantitative estimate of drug-likeness (QED) is 0.312. The van der Waals surface area contributed by atoms with Gasteiger partial charge in [0.15, 0.2) is 5.78 Å². The molecule has 1 aliphatic rings. The Morgan fingerprint density at radius 1 is 0.833 bits per heavy atom. The number of hydrogen-bond acceptors (Lipinski definition) is 2. The molecule has 0 saturated heterocycles. The molecule has 0 amide bonds. The van der Waals surface area contributed by atoms with Gasteiger partial charge in [-0.05, 0) is 44.6 Å². The topological polar surface area (TPSA) is 34.1 Å². The highest BCUT2D eigenvalue weighted by molar-refractivity contribution is 5.95. The van der Waals surface area contributed by atoms with Crippen LogP contribution in [0.4, 0.5) is 0 Å². The Morgan fingerprint density at radius 3 is 1.83 bits per heavy atom. The summed E-state index contributed by atoms with van der Waals surface area (Å²) in [5.41, 5.74) is 1.12. The first kappa shape index (κ1) is 21.1. The molecule has 0 saturated carbocycles. The third-order valence-electron chi connectivity index (χ3n) is 5.08. The van der Waals surface area contributed by atoms with Gasteiger partial charge in [-0.3, -0.25) is 4.79 Å². The summed E-state index contributed by atoms with van der Waals surface area (Å²) >= 11 is 0. The van der Waals surface area contributed by atoms with E-state index in [2.05, 4.69) is 6.08 Å². The predicted molar refractivity (Wildman–Crippen MR) is 102 cm³/mol. The molecule has 138 valence electrons. The zero-order valence-electron chi connectivity index (χ0n) is 15.9. The molecule has 2 heteroatoms. The van der Waals surface area contributed by atoms with Crippen LogP contribution in [0.2, 0.25) is 0 Å². The van der Waals surface area contributed by atoms with E-state index >= 15 is 0 Å². The van der Waals surface area contributed by atoms with Crippen molar-refractivity contribution < 1.29 is 9.59 Å². The average molecular weight is 335 g/mol. The van der Waals surface area contributed by atoms with Gasteiger partial charge >= 0.3 is 0 Å². The Morgan fingerprint density at radius 2 is 1.33 bits per heavy atom. The minimum absolute atomic E-state index is 0.331. The fourth-order valence-electron chi connectivity index (χ4n) is 3.51. The maximum atomic E-state index is 11.7. The first-order valence-electron chi connectivity index (χ1n) is 10.4. The summed E-state index contributed by atoms with van der Waals surface area (Å²) in [4.78, 5) is 22.5. The van der Waals surface area contributed by atoms with E-state index in [1.807, 2.05) is 0 Å². The number of hydrogen-bond donors (Lipinski definition) is 0. The molecule has 0 aliphatic heterocycles. The molecule has 0 aromatic heterocycles. The van der Waals surface area contributed by atoms with Crippen LogP contribution in [-0.4, -0.2) is 11.6 Å². The van der Waals surface area contributed by atoms with Crippen LogP contribution in [-0.2, 0) is 9.59 Å². The highest BCUT2D eigenvalue weighted by Crippen LogP contribution is 2.20. The highest BCUT2D eigenvalue weighted by Gasteiger charge is 2.12. The number of Topliss-reactive ketones (excluding diaryl/α,β-unsaturated/α-hetero) is 2. The van der Waals surface area contributed by atoms with Crippen molar-refractivity contribution in [2.75, 3.05) is 0 Å². The monoisotopic (exact) mass is 334 g/mol. The molecule has 2 nitrogen and oxygen atoms in total. The van der Waals surface area contributed by atoms with Gasteiger partial charge in [0.25, 0.3) is 0 Å². The van der Waals surface area contributed by atoms with Gasteiger partial charge < -0.3 is 4.79 Å². The number of carbonyl (C=O) groups excluding carboxylic acids is 2. The molecule has 0 N–H and O–H groups in total. The maximum Gasteiger partial charge on any atom is 0.158 e. The maximum absolute atomic E-state index is 11.7. The zero-order chi connectivity index (χ0) is 17.5. The third-order valence-corrected chi connectivity index (χ3v) is 5.08. The Bertz CT molecular complexity index is 381. The summed E-state index contributed by atoms with van der Waals surface area (Å²) in [6, 6.07) is 0. The van der Waals surface area contributed by atoms with Gasteiger partial charge in [0.05, 0.1) is 0 Å². The van der Waals surface area contributed by atoms with E-state index in [4.69, 9.17) is 0 Å². The van der Waals surface area contributed by atoms with Gasteiger partial charge in [-0.15, -0.1) is 0 Å². The van der Waals surface area contributed by atoms with Gasteiger partial charge in [-0.1, -0.05) is 70.3 Å². The van der Waals surface area contributed by atoms with Gasteiger partial charge in [-0.2, -0.15) is 0 Å². The van der Waals surface area contributed by atoms with E-state index in [0.29, 0.717) is 11.6 Å². The molecule has 0 heterocycles. The van der Waals surface area contributed by atoms with Crippen LogP contribution in [0.3, 0.4) is 0 Å². The second-order valence-electron chi connectivity index (χ2n) is 7.49.